The van der Waals surface area contributed by atoms with Crippen LogP contribution in [0.15, 0.2) is 11.6 Å². The molecule has 1 aromatic carbocycles. The van der Waals surface area contributed by atoms with Gasteiger partial charge >= 0.3 is 0 Å². The van der Waals surface area contributed by atoms with Crippen molar-refractivity contribution < 1.29 is 24.9 Å². The number of hydrogen-bond acceptors (Lipinski definition) is 5. The minimum atomic E-state index is -0.758. The van der Waals surface area contributed by atoms with Gasteiger partial charge in [-0.2, -0.15) is 0 Å². The Morgan fingerprint density at radius 3 is 2.52 bits per heavy atom. The number of aldehydes is 1. The molecule has 0 unspecified atom stereocenters. The predicted octanol–water partition coefficient (Wildman–Crippen LogP) is 4.75. The number of ketones is 1. The third-order valence-electron chi connectivity index (χ3n) is 7.09. The number of hydrogen-bond donors (Lipinski definition) is 3. The first-order valence-corrected chi connectivity index (χ1v) is 10.4. The van der Waals surface area contributed by atoms with Gasteiger partial charge in [0, 0.05) is 17.9 Å². The number of aromatic hydroxyl groups is 2. The van der Waals surface area contributed by atoms with Crippen LogP contribution in [-0.4, -0.2) is 33.5 Å². The van der Waals surface area contributed by atoms with E-state index in [2.05, 4.69) is 13.8 Å². The van der Waals surface area contributed by atoms with Crippen molar-refractivity contribution in [2.75, 3.05) is 0 Å². The lowest BCUT2D eigenvalue weighted by Crippen LogP contribution is -2.43. The van der Waals surface area contributed by atoms with Crippen molar-refractivity contribution in [2.24, 2.45) is 17.3 Å². The number of benzene rings is 1. The summed E-state index contributed by atoms with van der Waals surface area (Å²) in [6.07, 6.45) is 3.45. The maximum Gasteiger partial charge on any atom is 0.154 e. The SMILES string of the molecule is CC(=CCc1c(O)c(Cl)c(C)c(C=O)c1O)[C@@H](O)C[C@@]1(C)[C@H](C)CCC(=O)[C@@H]1C. The number of phenolic OH excluding ortho intramolecular Hbond substituents is 2. The average molecular weight is 423 g/mol. The van der Waals surface area contributed by atoms with Gasteiger partial charge in [-0.1, -0.05) is 38.4 Å². The van der Waals surface area contributed by atoms with Crippen molar-refractivity contribution in [1.29, 1.82) is 0 Å². The van der Waals surface area contributed by atoms with E-state index in [0.717, 1.165) is 6.42 Å². The number of carbonyl (C=O) groups excluding carboxylic acids is 2. The molecule has 0 aliphatic heterocycles. The van der Waals surface area contributed by atoms with Crippen LogP contribution in [0.3, 0.4) is 0 Å². The maximum absolute atomic E-state index is 12.2. The summed E-state index contributed by atoms with van der Waals surface area (Å²) < 4.78 is 0. The fourth-order valence-electron chi connectivity index (χ4n) is 4.27. The molecule has 1 aromatic rings. The Balaban J connectivity index is 2.25. The van der Waals surface area contributed by atoms with E-state index in [1.54, 1.807) is 19.9 Å². The van der Waals surface area contributed by atoms with Gasteiger partial charge in [-0.15, -0.1) is 0 Å². The Labute approximate surface area is 177 Å². The lowest BCUT2D eigenvalue weighted by atomic mass is 9.59. The molecule has 1 aliphatic rings. The van der Waals surface area contributed by atoms with E-state index in [4.69, 9.17) is 11.6 Å². The monoisotopic (exact) mass is 422 g/mol. The van der Waals surface area contributed by atoms with Gasteiger partial charge in [-0.3, -0.25) is 9.59 Å². The maximum atomic E-state index is 12.2. The second-order valence-corrected chi connectivity index (χ2v) is 9.03. The zero-order valence-electron chi connectivity index (χ0n) is 17.8. The van der Waals surface area contributed by atoms with Crippen LogP contribution in [-0.2, 0) is 11.2 Å². The largest absolute Gasteiger partial charge is 0.507 e. The molecule has 1 saturated carbocycles. The van der Waals surface area contributed by atoms with E-state index in [1.807, 2.05) is 6.92 Å². The van der Waals surface area contributed by atoms with Gasteiger partial charge in [0.1, 0.15) is 17.3 Å². The Morgan fingerprint density at radius 1 is 1.31 bits per heavy atom. The number of aliphatic hydroxyl groups excluding tert-OH is 1. The summed E-state index contributed by atoms with van der Waals surface area (Å²) >= 11 is 6.09. The van der Waals surface area contributed by atoms with Crippen molar-refractivity contribution in [3.8, 4) is 11.5 Å². The van der Waals surface area contributed by atoms with Crippen LogP contribution in [0.5, 0.6) is 11.5 Å². The quantitative estimate of drug-likeness (QED) is 0.454. The van der Waals surface area contributed by atoms with Gasteiger partial charge in [-0.05, 0) is 55.6 Å². The van der Waals surface area contributed by atoms with E-state index in [0.29, 0.717) is 36.2 Å². The van der Waals surface area contributed by atoms with Gasteiger partial charge in [0.15, 0.2) is 6.29 Å². The van der Waals surface area contributed by atoms with Crippen LogP contribution in [0, 0.1) is 24.2 Å². The molecule has 0 saturated heterocycles. The molecule has 1 aliphatic carbocycles. The van der Waals surface area contributed by atoms with Gasteiger partial charge in [0.2, 0.25) is 0 Å². The first-order valence-electron chi connectivity index (χ1n) is 10.0. The first-order chi connectivity index (χ1) is 13.5. The Bertz CT molecular complexity index is 844. The molecule has 0 spiro atoms. The Hall–Kier alpha value is -1.85. The fourth-order valence-corrected chi connectivity index (χ4v) is 4.49. The van der Waals surface area contributed by atoms with Gasteiger partial charge in [-0.25, -0.2) is 0 Å². The van der Waals surface area contributed by atoms with Gasteiger partial charge in [0.25, 0.3) is 0 Å². The van der Waals surface area contributed by atoms with Crippen LogP contribution < -0.4 is 0 Å². The Morgan fingerprint density at radius 2 is 1.93 bits per heavy atom. The molecule has 0 aromatic heterocycles. The van der Waals surface area contributed by atoms with E-state index in [-0.39, 0.29) is 51.2 Å². The second-order valence-electron chi connectivity index (χ2n) is 8.65. The van der Waals surface area contributed by atoms with Gasteiger partial charge < -0.3 is 15.3 Å². The van der Waals surface area contributed by atoms with Gasteiger partial charge in [0.05, 0.1) is 16.7 Å². The van der Waals surface area contributed by atoms with Crippen molar-refractivity contribution in [2.45, 2.75) is 66.4 Å². The van der Waals surface area contributed by atoms with Crippen molar-refractivity contribution in [3.63, 3.8) is 0 Å². The molecule has 4 atom stereocenters. The Kier molecular flexibility index (Phi) is 7.18. The summed E-state index contributed by atoms with van der Waals surface area (Å²) in [5.74, 6) is -0.127. The second kappa shape index (κ2) is 8.88. The number of aliphatic hydroxyl groups is 1. The summed E-state index contributed by atoms with van der Waals surface area (Å²) in [6.45, 7) is 9.45. The summed E-state index contributed by atoms with van der Waals surface area (Å²) in [5.41, 5.74) is 0.887. The van der Waals surface area contributed by atoms with Crippen LogP contribution in [0.1, 0.15) is 68.4 Å². The number of carbonyl (C=O) groups is 2. The molecule has 160 valence electrons. The lowest BCUT2D eigenvalue weighted by Gasteiger charge is -2.45. The van der Waals surface area contributed by atoms with Crippen molar-refractivity contribution in [1.82, 2.24) is 0 Å². The molecule has 3 N–H and O–H groups in total. The minimum Gasteiger partial charge on any atom is -0.507 e. The number of allylic oxidation sites excluding steroid dienone is 1. The number of phenols is 2. The lowest BCUT2D eigenvalue weighted by molar-refractivity contribution is -0.133. The molecule has 5 nitrogen and oxygen atoms in total. The molecule has 29 heavy (non-hydrogen) atoms. The molecule has 1 fully saturated rings. The molecule has 0 amide bonds. The first kappa shape index (κ1) is 23.4. The highest BCUT2D eigenvalue weighted by Crippen LogP contribution is 2.47. The van der Waals surface area contributed by atoms with Crippen LogP contribution in [0.25, 0.3) is 0 Å². The summed E-state index contributed by atoms with van der Waals surface area (Å²) in [5, 5.41) is 31.5. The topological polar surface area (TPSA) is 94.8 Å². The summed E-state index contributed by atoms with van der Waals surface area (Å²) in [4.78, 5) is 23.5. The molecule has 0 heterocycles. The molecular formula is C23H31ClO5. The number of halogens is 1. The van der Waals surface area contributed by atoms with Crippen molar-refractivity contribution in [3.05, 3.63) is 33.4 Å². The van der Waals surface area contributed by atoms with Crippen LogP contribution >= 0.6 is 11.6 Å². The molecule has 0 bridgehead atoms. The molecule has 6 heteroatoms. The number of Topliss-reactive ketones (excluding diaryl/α,β-unsaturated/α-hetero) is 1. The minimum absolute atomic E-state index is 0.0300. The van der Waals surface area contributed by atoms with Crippen LogP contribution in [0.2, 0.25) is 5.02 Å². The van der Waals surface area contributed by atoms with E-state index in [9.17, 15) is 24.9 Å². The third kappa shape index (κ3) is 4.36. The molecule has 0 radical (unpaired) electrons. The summed E-state index contributed by atoms with van der Waals surface area (Å²) in [7, 11) is 0. The molecule has 2 rings (SSSR count). The van der Waals surface area contributed by atoms with E-state index in [1.165, 1.54) is 0 Å². The molecular weight excluding hydrogens is 392 g/mol. The zero-order chi connectivity index (χ0) is 22.1. The highest BCUT2D eigenvalue weighted by Gasteiger charge is 2.44. The normalized spacial score (nSPS) is 26.4. The highest BCUT2D eigenvalue weighted by atomic mass is 35.5. The van der Waals surface area contributed by atoms with Crippen molar-refractivity contribution >= 4 is 23.7 Å². The fraction of sp³-hybridized carbons (Fsp3) is 0.565. The third-order valence-corrected chi connectivity index (χ3v) is 7.56. The highest BCUT2D eigenvalue weighted by molar-refractivity contribution is 6.33. The number of rotatable bonds is 6. The predicted molar refractivity (Wildman–Crippen MR) is 114 cm³/mol. The average Bonchev–Trinajstić information content (AvgIpc) is 2.68. The van der Waals surface area contributed by atoms with E-state index >= 15 is 0 Å². The van der Waals surface area contributed by atoms with E-state index < -0.39 is 6.10 Å². The smallest absolute Gasteiger partial charge is 0.154 e. The standard InChI is InChI=1S/C23H31ClO5/c1-12(19(27)10-23(5)13(2)7-9-18(26)15(23)4)6-8-16-21(28)17(11-25)14(3)20(24)22(16)29/h6,11,13,15,19,27-29H,7-10H2,1-5H3/t13-,15+,19+,23+/m1/s1. The zero-order valence-corrected chi connectivity index (χ0v) is 18.5. The summed E-state index contributed by atoms with van der Waals surface area (Å²) in [6, 6.07) is 0. The van der Waals surface area contributed by atoms with Crippen LogP contribution in [0.4, 0.5) is 0 Å².